The molecule has 0 saturated carbocycles. The van der Waals surface area contributed by atoms with Crippen LogP contribution in [-0.4, -0.2) is 53.9 Å². The van der Waals surface area contributed by atoms with Gasteiger partial charge in [-0.25, -0.2) is 9.37 Å². The first kappa shape index (κ1) is 20.5. The maximum absolute atomic E-state index is 13.1. The monoisotopic (exact) mass is 423 g/mol. The summed E-state index contributed by atoms with van der Waals surface area (Å²) in [6.07, 6.45) is 4.26. The first-order valence-corrected chi connectivity index (χ1v) is 9.83. The van der Waals surface area contributed by atoms with Crippen LogP contribution in [0.3, 0.4) is 0 Å². The van der Waals surface area contributed by atoms with E-state index in [9.17, 15) is 14.0 Å². The topological polar surface area (TPSA) is 102 Å². The molecule has 4 rings (SSSR count). The maximum Gasteiger partial charge on any atom is 0.264 e. The van der Waals surface area contributed by atoms with E-state index < -0.39 is 0 Å². The molecule has 4 aromatic rings. The number of rotatable bonds is 7. The third-order valence-electron chi connectivity index (χ3n) is 5.16. The van der Waals surface area contributed by atoms with Crippen molar-refractivity contribution in [3.63, 3.8) is 0 Å². The standard InChI is InChI=1S/C21H22FN7O2/c1-27(19(30)12-29-13-23-20-17(21(29)31)11-24-28(20)2)9-3-4-16-10-18(26-25-16)14-5-7-15(22)8-6-14/h5-8,10-11,13H,3-4,9,12H2,1-2H3,(H,25,26). The van der Waals surface area contributed by atoms with Crippen LogP contribution in [0.1, 0.15) is 12.1 Å². The van der Waals surface area contributed by atoms with Crippen molar-refractivity contribution in [3.05, 3.63) is 64.7 Å². The van der Waals surface area contributed by atoms with Crippen molar-refractivity contribution in [1.82, 2.24) is 34.4 Å². The second kappa shape index (κ2) is 8.50. The fourth-order valence-corrected chi connectivity index (χ4v) is 3.34. The van der Waals surface area contributed by atoms with Gasteiger partial charge in [-0.3, -0.25) is 23.9 Å². The van der Waals surface area contributed by atoms with E-state index in [4.69, 9.17) is 0 Å². The second-order valence-electron chi connectivity index (χ2n) is 7.39. The van der Waals surface area contributed by atoms with Gasteiger partial charge in [-0.1, -0.05) is 0 Å². The van der Waals surface area contributed by atoms with Gasteiger partial charge < -0.3 is 4.90 Å². The summed E-state index contributed by atoms with van der Waals surface area (Å²) in [4.78, 5) is 30.8. The predicted octanol–water partition coefficient (Wildman–Crippen LogP) is 1.75. The molecule has 1 amide bonds. The molecule has 0 saturated heterocycles. The number of amides is 1. The van der Waals surface area contributed by atoms with Gasteiger partial charge in [0.2, 0.25) is 5.91 Å². The summed E-state index contributed by atoms with van der Waals surface area (Å²) in [5.74, 6) is -0.464. The average Bonchev–Trinajstić information content (AvgIpc) is 3.38. The number of aromatic amines is 1. The van der Waals surface area contributed by atoms with Crippen LogP contribution < -0.4 is 5.56 Å². The van der Waals surface area contributed by atoms with Crippen molar-refractivity contribution >= 4 is 16.9 Å². The fourth-order valence-electron chi connectivity index (χ4n) is 3.34. The number of H-pyrrole nitrogens is 1. The molecule has 0 bridgehead atoms. The Labute approximate surface area is 177 Å². The third-order valence-corrected chi connectivity index (χ3v) is 5.16. The summed E-state index contributed by atoms with van der Waals surface area (Å²) >= 11 is 0. The Balaban J connectivity index is 1.31. The number of aryl methyl sites for hydroxylation is 2. The maximum atomic E-state index is 13.1. The molecule has 0 aliphatic rings. The number of fused-ring (bicyclic) bond motifs is 1. The van der Waals surface area contributed by atoms with Crippen LogP contribution in [0.15, 0.2) is 47.7 Å². The molecule has 0 aliphatic heterocycles. The van der Waals surface area contributed by atoms with E-state index in [-0.39, 0.29) is 23.8 Å². The molecule has 3 aromatic heterocycles. The highest BCUT2D eigenvalue weighted by molar-refractivity contribution is 5.77. The van der Waals surface area contributed by atoms with E-state index in [0.717, 1.165) is 23.4 Å². The normalized spacial score (nSPS) is 11.2. The largest absolute Gasteiger partial charge is 0.344 e. The Morgan fingerprint density at radius 1 is 1.26 bits per heavy atom. The molecular weight excluding hydrogens is 401 g/mol. The van der Waals surface area contributed by atoms with Crippen molar-refractivity contribution in [3.8, 4) is 11.3 Å². The van der Waals surface area contributed by atoms with E-state index >= 15 is 0 Å². The smallest absolute Gasteiger partial charge is 0.264 e. The molecule has 9 nitrogen and oxygen atoms in total. The van der Waals surface area contributed by atoms with Crippen molar-refractivity contribution in [2.75, 3.05) is 13.6 Å². The Morgan fingerprint density at radius 2 is 2.03 bits per heavy atom. The summed E-state index contributed by atoms with van der Waals surface area (Å²) < 4.78 is 15.9. The minimum Gasteiger partial charge on any atom is -0.344 e. The minimum absolute atomic E-state index is 0.0774. The quantitative estimate of drug-likeness (QED) is 0.488. The predicted molar refractivity (Wildman–Crippen MR) is 113 cm³/mol. The van der Waals surface area contributed by atoms with Crippen molar-refractivity contribution in [2.24, 2.45) is 7.05 Å². The van der Waals surface area contributed by atoms with Crippen LogP contribution in [-0.2, 0) is 24.8 Å². The molecular formula is C21H22FN7O2. The lowest BCUT2D eigenvalue weighted by atomic mass is 10.1. The molecule has 0 radical (unpaired) electrons. The van der Waals surface area contributed by atoms with Crippen molar-refractivity contribution in [2.45, 2.75) is 19.4 Å². The number of benzene rings is 1. The van der Waals surface area contributed by atoms with Crippen molar-refractivity contribution in [1.29, 1.82) is 0 Å². The average molecular weight is 423 g/mol. The van der Waals surface area contributed by atoms with Crippen LogP contribution in [0.4, 0.5) is 4.39 Å². The van der Waals surface area contributed by atoms with Gasteiger partial charge in [0.05, 0.1) is 11.9 Å². The summed E-state index contributed by atoms with van der Waals surface area (Å²) in [6.45, 7) is 0.451. The van der Waals surface area contributed by atoms with Gasteiger partial charge in [0.15, 0.2) is 5.65 Å². The second-order valence-corrected chi connectivity index (χ2v) is 7.39. The third kappa shape index (κ3) is 4.37. The van der Waals surface area contributed by atoms with Crippen LogP contribution in [0.25, 0.3) is 22.3 Å². The number of hydrogen-bond donors (Lipinski definition) is 1. The van der Waals surface area contributed by atoms with Gasteiger partial charge in [-0.05, 0) is 43.2 Å². The SMILES string of the molecule is CN(CCCc1cc(-c2ccc(F)cc2)n[nH]1)C(=O)Cn1cnc2c(cnn2C)c1=O. The number of likely N-dealkylation sites (N-methyl/N-ethyl adjacent to an activating group) is 1. The van der Waals surface area contributed by atoms with E-state index in [1.54, 1.807) is 31.1 Å². The molecule has 3 heterocycles. The molecule has 0 fully saturated rings. The number of nitrogens with zero attached hydrogens (tertiary/aromatic N) is 6. The molecule has 1 N–H and O–H groups in total. The zero-order chi connectivity index (χ0) is 22.0. The number of halogens is 1. The highest BCUT2D eigenvalue weighted by atomic mass is 19.1. The lowest BCUT2D eigenvalue weighted by Gasteiger charge is -2.17. The summed E-state index contributed by atoms with van der Waals surface area (Å²) in [5.41, 5.74) is 2.72. The number of aromatic nitrogens is 6. The van der Waals surface area contributed by atoms with E-state index in [0.29, 0.717) is 24.0 Å². The van der Waals surface area contributed by atoms with Crippen LogP contribution in [0.5, 0.6) is 0 Å². The van der Waals surface area contributed by atoms with Gasteiger partial charge in [-0.2, -0.15) is 10.2 Å². The zero-order valence-corrected chi connectivity index (χ0v) is 17.2. The molecule has 160 valence electrons. The highest BCUT2D eigenvalue weighted by Gasteiger charge is 2.14. The summed E-state index contributed by atoms with van der Waals surface area (Å²) in [5, 5.41) is 11.7. The van der Waals surface area contributed by atoms with Gasteiger partial charge in [0.1, 0.15) is 24.1 Å². The highest BCUT2D eigenvalue weighted by Crippen LogP contribution is 2.18. The van der Waals surface area contributed by atoms with Crippen molar-refractivity contribution < 1.29 is 9.18 Å². The Morgan fingerprint density at radius 3 is 2.81 bits per heavy atom. The van der Waals surface area contributed by atoms with E-state index in [2.05, 4.69) is 20.3 Å². The number of carbonyl (C=O) groups excluding carboxylic acids is 1. The number of carbonyl (C=O) groups is 1. The van der Waals surface area contributed by atoms with Gasteiger partial charge in [0.25, 0.3) is 5.56 Å². The van der Waals surface area contributed by atoms with Crippen LogP contribution in [0, 0.1) is 5.82 Å². The van der Waals surface area contributed by atoms with Gasteiger partial charge in [0, 0.05) is 31.9 Å². The molecule has 10 heteroatoms. The molecule has 0 unspecified atom stereocenters. The Kier molecular flexibility index (Phi) is 5.61. The minimum atomic E-state index is -0.286. The van der Waals surface area contributed by atoms with Crippen LogP contribution in [0.2, 0.25) is 0 Å². The molecule has 1 aromatic carbocycles. The first-order valence-electron chi connectivity index (χ1n) is 9.83. The van der Waals surface area contributed by atoms with Gasteiger partial charge >= 0.3 is 0 Å². The lowest BCUT2D eigenvalue weighted by Crippen LogP contribution is -2.34. The Hall–Kier alpha value is -3.82. The molecule has 31 heavy (non-hydrogen) atoms. The van der Waals surface area contributed by atoms with Gasteiger partial charge in [-0.15, -0.1) is 0 Å². The molecule has 0 aliphatic carbocycles. The molecule has 0 spiro atoms. The van der Waals surface area contributed by atoms with E-state index in [1.165, 1.54) is 33.9 Å². The zero-order valence-electron chi connectivity index (χ0n) is 17.2. The van der Waals surface area contributed by atoms with E-state index in [1.807, 2.05) is 6.07 Å². The Bertz CT molecular complexity index is 1270. The fraction of sp³-hybridized carbons (Fsp3) is 0.286. The van der Waals surface area contributed by atoms with Crippen LogP contribution >= 0.6 is 0 Å². The summed E-state index contributed by atoms with van der Waals surface area (Å²) in [7, 11) is 3.42. The number of nitrogens with one attached hydrogen (secondary N) is 1. The lowest BCUT2D eigenvalue weighted by molar-refractivity contribution is -0.130. The first-order chi connectivity index (χ1) is 14.9. The number of hydrogen-bond acceptors (Lipinski definition) is 5. The summed E-state index contributed by atoms with van der Waals surface area (Å²) in [6, 6.07) is 8.08. The molecule has 0 atom stereocenters.